The minimum atomic E-state index is -1.03. The van der Waals surface area contributed by atoms with Gasteiger partial charge < -0.3 is 4.43 Å². The van der Waals surface area contributed by atoms with Crippen molar-refractivity contribution >= 4 is 20.6 Å². The highest BCUT2D eigenvalue weighted by Crippen LogP contribution is 2.21. The molecule has 1 fully saturated rings. The second-order valence-corrected chi connectivity index (χ2v) is 9.46. The molecule has 1 rings (SSSR count). The summed E-state index contributed by atoms with van der Waals surface area (Å²) in [7, 11) is -1.03. The van der Waals surface area contributed by atoms with Gasteiger partial charge in [-0.15, -0.1) is 11.6 Å². The highest BCUT2D eigenvalue weighted by Gasteiger charge is 2.24. The van der Waals surface area contributed by atoms with Gasteiger partial charge in [-0.3, -0.25) is 0 Å². The molecule has 1 nitrogen and oxygen atoms in total. The number of alkyl halides is 1. The molecule has 0 aromatic rings. The first-order chi connectivity index (χ1) is 8.84. The minimum Gasteiger partial charge on any atom is -0.419 e. The summed E-state index contributed by atoms with van der Waals surface area (Å²) >= 11 is 6.48. The maximum atomic E-state index is 6.48. The summed E-state index contributed by atoms with van der Waals surface area (Å²) in [6.45, 7) is 3.26. The Kier molecular flexibility index (Phi) is 10.4. The predicted molar refractivity (Wildman–Crippen MR) is 84.0 cm³/mol. The van der Waals surface area contributed by atoms with Crippen LogP contribution in [0.5, 0.6) is 0 Å². The molecule has 2 atom stereocenters. The summed E-state index contributed by atoms with van der Waals surface area (Å²) in [5, 5.41) is 0.394. The van der Waals surface area contributed by atoms with Crippen molar-refractivity contribution in [3.8, 4) is 0 Å². The maximum Gasteiger partial charge on any atom is 0.194 e. The van der Waals surface area contributed by atoms with Crippen LogP contribution in [0.4, 0.5) is 0 Å². The van der Waals surface area contributed by atoms with E-state index < -0.39 is 9.04 Å². The highest BCUT2D eigenvalue weighted by molar-refractivity contribution is 6.64. The van der Waals surface area contributed by atoms with Gasteiger partial charge in [0.1, 0.15) is 0 Å². The molecule has 0 aromatic heterocycles. The van der Waals surface area contributed by atoms with E-state index in [0.717, 1.165) is 6.61 Å². The molecular weight excluding hydrogens is 260 g/mol. The van der Waals surface area contributed by atoms with Gasteiger partial charge in [0.2, 0.25) is 0 Å². The molecule has 108 valence electrons. The molecule has 3 heteroatoms. The van der Waals surface area contributed by atoms with E-state index in [1.807, 2.05) is 0 Å². The Bertz CT molecular complexity index is 183. The Hall–Kier alpha value is 0.467. The molecule has 1 aliphatic rings. The number of halogens is 1. The molecule has 0 spiro atoms. The molecule has 0 saturated carbocycles. The lowest BCUT2D eigenvalue weighted by Crippen LogP contribution is -2.33. The van der Waals surface area contributed by atoms with Gasteiger partial charge in [-0.2, -0.15) is 0 Å². The third kappa shape index (κ3) is 7.80. The van der Waals surface area contributed by atoms with Gasteiger partial charge in [-0.1, -0.05) is 64.7 Å². The van der Waals surface area contributed by atoms with Crippen LogP contribution in [0.3, 0.4) is 0 Å². The summed E-state index contributed by atoms with van der Waals surface area (Å²) in [5.41, 5.74) is 0. The number of hydrogen-bond donors (Lipinski definition) is 0. The van der Waals surface area contributed by atoms with Gasteiger partial charge in [0.25, 0.3) is 0 Å². The Morgan fingerprint density at radius 2 is 1.67 bits per heavy atom. The van der Waals surface area contributed by atoms with Crippen molar-refractivity contribution in [2.75, 3.05) is 6.61 Å². The minimum absolute atomic E-state index is 0.394. The zero-order chi connectivity index (χ0) is 13.1. The molecule has 0 bridgehead atoms. The van der Waals surface area contributed by atoms with Crippen molar-refractivity contribution in [1.82, 2.24) is 0 Å². The molecule has 0 radical (unpaired) electrons. The summed E-state index contributed by atoms with van der Waals surface area (Å²) in [5.74, 6) is 0. The summed E-state index contributed by atoms with van der Waals surface area (Å²) < 4.78 is 5.87. The Morgan fingerprint density at radius 3 is 2.28 bits per heavy atom. The van der Waals surface area contributed by atoms with Crippen LogP contribution in [0, 0.1) is 0 Å². The second kappa shape index (κ2) is 11.3. The fourth-order valence-electron chi connectivity index (χ4n) is 2.71. The van der Waals surface area contributed by atoms with Crippen LogP contribution < -0.4 is 0 Å². The largest absolute Gasteiger partial charge is 0.419 e. The zero-order valence-electron chi connectivity index (χ0n) is 12.1. The van der Waals surface area contributed by atoms with Crippen molar-refractivity contribution in [2.24, 2.45) is 0 Å². The van der Waals surface area contributed by atoms with Gasteiger partial charge in [0.15, 0.2) is 9.04 Å². The van der Waals surface area contributed by atoms with Crippen LogP contribution >= 0.6 is 11.6 Å². The Morgan fingerprint density at radius 1 is 1.00 bits per heavy atom. The van der Waals surface area contributed by atoms with E-state index in [2.05, 4.69) is 6.92 Å². The molecule has 1 saturated heterocycles. The van der Waals surface area contributed by atoms with E-state index in [4.69, 9.17) is 16.0 Å². The molecule has 2 unspecified atom stereocenters. The average molecular weight is 291 g/mol. The standard InChI is InChI=1S/C15H31ClOSi/c1-2-3-4-5-6-7-8-9-12-15(16)18-14-11-10-13-17-18/h15,18H,2-14H2,1H3. The summed E-state index contributed by atoms with van der Waals surface area (Å²) in [6.07, 6.45) is 14.9. The first-order valence-corrected chi connectivity index (χ1v) is 10.5. The summed E-state index contributed by atoms with van der Waals surface area (Å²) in [6, 6.07) is 1.31. The first kappa shape index (κ1) is 16.5. The Balaban J connectivity index is 1.87. The molecule has 0 aromatic carbocycles. The second-order valence-electron chi connectivity index (χ2n) is 5.68. The van der Waals surface area contributed by atoms with E-state index in [0.29, 0.717) is 5.00 Å². The summed E-state index contributed by atoms with van der Waals surface area (Å²) in [4.78, 5) is 0. The molecule has 0 N–H and O–H groups in total. The lowest BCUT2D eigenvalue weighted by Gasteiger charge is -2.25. The number of hydrogen-bond acceptors (Lipinski definition) is 1. The fourth-order valence-corrected chi connectivity index (χ4v) is 5.97. The van der Waals surface area contributed by atoms with Crippen LogP contribution in [-0.2, 0) is 4.43 Å². The molecule has 0 aliphatic carbocycles. The fraction of sp³-hybridized carbons (Fsp3) is 1.00. The van der Waals surface area contributed by atoms with Crippen LogP contribution in [0.1, 0.15) is 77.6 Å². The van der Waals surface area contributed by atoms with E-state index in [9.17, 15) is 0 Å². The first-order valence-electron chi connectivity index (χ1n) is 8.10. The maximum absolute atomic E-state index is 6.48. The van der Waals surface area contributed by atoms with Crippen LogP contribution in [-0.4, -0.2) is 20.6 Å². The van der Waals surface area contributed by atoms with E-state index in [1.165, 1.54) is 76.7 Å². The molecule has 1 heterocycles. The molecule has 18 heavy (non-hydrogen) atoms. The van der Waals surface area contributed by atoms with Gasteiger partial charge in [-0.25, -0.2) is 0 Å². The van der Waals surface area contributed by atoms with Crippen LogP contribution in [0.2, 0.25) is 6.04 Å². The average Bonchev–Trinajstić information content (AvgIpc) is 2.42. The van der Waals surface area contributed by atoms with Gasteiger partial charge in [0.05, 0.1) is 0 Å². The van der Waals surface area contributed by atoms with E-state index in [1.54, 1.807) is 0 Å². The van der Waals surface area contributed by atoms with Crippen molar-refractivity contribution in [2.45, 2.75) is 88.6 Å². The molecular formula is C15H31ClOSi. The van der Waals surface area contributed by atoms with Gasteiger partial charge in [-0.05, 0) is 18.9 Å². The highest BCUT2D eigenvalue weighted by atomic mass is 35.5. The smallest absolute Gasteiger partial charge is 0.194 e. The van der Waals surface area contributed by atoms with Crippen LogP contribution in [0.25, 0.3) is 0 Å². The quantitative estimate of drug-likeness (QED) is 0.305. The zero-order valence-corrected chi connectivity index (χ0v) is 14.0. The Labute approximate surface area is 120 Å². The molecule has 0 amide bonds. The third-order valence-corrected chi connectivity index (χ3v) is 7.79. The normalized spacial score (nSPS) is 22.0. The van der Waals surface area contributed by atoms with Crippen molar-refractivity contribution < 1.29 is 4.43 Å². The van der Waals surface area contributed by atoms with Crippen LogP contribution in [0.15, 0.2) is 0 Å². The predicted octanol–water partition coefficient (Wildman–Crippen LogP) is 5.20. The third-order valence-electron chi connectivity index (χ3n) is 3.95. The number of unbranched alkanes of at least 4 members (excludes halogenated alkanes) is 7. The number of rotatable bonds is 10. The topological polar surface area (TPSA) is 9.23 Å². The van der Waals surface area contributed by atoms with E-state index >= 15 is 0 Å². The molecule has 1 aliphatic heterocycles. The lowest BCUT2D eigenvalue weighted by atomic mass is 10.1. The van der Waals surface area contributed by atoms with Gasteiger partial charge >= 0.3 is 0 Å². The van der Waals surface area contributed by atoms with E-state index in [-0.39, 0.29) is 0 Å². The van der Waals surface area contributed by atoms with Gasteiger partial charge in [0, 0.05) is 11.6 Å². The van der Waals surface area contributed by atoms with Crippen molar-refractivity contribution in [3.05, 3.63) is 0 Å². The van der Waals surface area contributed by atoms with Crippen molar-refractivity contribution in [3.63, 3.8) is 0 Å². The SMILES string of the molecule is CCCCCCCCCCC(Cl)[SiH]1CCCCO1. The monoisotopic (exact) mass is 290 g/mol. The lowest BCUT2D eigenvalue weighted by molar-refractivity contribution is 0.283. The van der Waals surface area contributed by atoms with Crippen molar-refractivity contribution in [1.29, 1.82) is 0 Å².